The van der Waals surface area contributed by atoms with E-state index >= 15 is 0 Å². The molecule has 1 aromatic carbocycles. The van der Waals surface area contributed by atoms with E-state index in [9.17, 15) is 13.6 Å². The summed E-state index contributed by atoms with van der Waals surface area (Å²) in [4.78, 5) is 10.1. The molecule has 6 heteroatoms. The number of carboxylic acids is 1. The zero-order chi connectivity index (χ0) is 11.6. The summed E-state index contributed by atoms with van der Waals surface area (Å²) in [5.41, 5.74) is 0.675. The number of rotatable bonds is 3. The zero-order valence-corrected chi connectivity index (χ0v) is 9.22. The molecular formula is C9H7BrF2O3. The quantitative estimate of drug-likeness (QED) is 0.926. The number of hydrogen-bond acceptors (Lipinski definition) is 2. The molecule has 0 aliphatic rings. The normalized spacial score (nSPS) is 11.2. The molecule has 0 radical (unpaired) electrons. The SMILES string of the molecule is Cc1cc(OC(F)(F)C(=O)O)ccc1Br. The number of ether oxygens (including phenoxy) is 1. The Morgan fingerprint density at radius 1 is 1.53 bits per heavy atom. The van der Waals surface area contributed by atoms with E-state index in [4.69, 9.17) is 5.11 Å². The molecule has 0 fully saturated rings. The van der Waals surface area contributed by atoms with Crippen molar-refractivity contribution in [3.05, 3.63) is 28.2 Å². The molecule has 0 atom stereocenters. The fourth-order valence-electron chi connectivity index (χ4n) is 0.872. The minimum atomic E-state index is -4.21. The van der Waals surface area contributed by atoms with Gasteiger partial charge in [0.05, 0.1) is 0 Å². The Morgan fingerprint density at radius 2 is 2.13 bits per heavy atom. The maximum Gasteiger partial charge on any atom is 0.501 e. The summed E-state index contributed by atoms with van der Waals surface area (Å²) in [6, 6.07) is 4.08. The van der Waals surface area contributed by atoms with Crippen molar-refractivity contribution in [1.82, 2.24) is 0 Å². The summed E-state index contributed by atoms with van der Waals surface area (Å²) < 4.78 is 30.0. The van der Waals surface area contributed by atoms with Crippen molar-refractivity contribution in [2.75, 3.05) is 0 Å². The van der Waals surface area contributed by atoms with Crippen LogP contribution in [-0.2, 0) is 4.79 Å². The molecule has 0 aliphatic carbocycles. The summed E-state index contributed by atoms with van der Waals surface area (Å²) in [6.45, 7) is 1.68. The van der Waals surface area contributed by atoms with Crippen molar-refractivity contribution in [1.29, 1.82) is 0 Å². The second-order valence-corrected chi connectivity index (χ2v) is 3.69. The van der Waals surface area contributed by atoms with Gasteiger partial charge >= 0.3 is 12.1 Å². The van der Waals surface area contributed by atoms with Gasteiger partial charge in [0.25, 0.3) is 0 Å². The molecule has 1 rings (SSSR count). The maximum absolute atomic E-state index is 12.6. The lowest BCUT2D eigenvalue weighted by Gasteiger charge is -2.13. The Bertz CT molecular complexity index is 393. The molecule has 0 bridgehead atoms. The highest BCUT2D eigenvalue weighted by atomic mass is 79.9. The van der Waals surface area contributed by atoms with Crippen LogP contribution in [0.25, 0.3) is 0 Å². The monoisotopic (exact) mass is 280 g/mol. The molecular weight excluding hydrogens is 274 g/mol. The summed E-state index contributed by atoms with van der Waals surface area (Å²) in [5, 5.41) is 8.14. The van der Waals surface area contributed by atoms with Crippen molar-refractivity contribution in [2.45, 2.75) is 13.0 Å². The summed E-state index contributed by atoms with van der Waals surface area (Å²) in [6.07, 6.45) is -4.21. The number of aliphatic carboxylic acids is 1. The third kappa shape index (κ3) is 2.89. The Kier molecular flexibility index (Phi) is 3.28. The number of carbonyl (C=O) groups is 1. The Balaban J connectivity index is 2.91. The lowest BCUT2D eigenvalue weighted by Crippen LogP contribution is -2.34. The smallest absolute Gasteiger partial charge is 0.474 e. The fraction of sp³-hybridized carbons (Fsp3) is 0.222. The van der Waals surface area contributed by atoms with Crippen LogP contribution in [-0.4, -0.2) is 17.2 Å². The largest absolute Gasteiger partial charge is 0.501 e. The van der Waals surface area contributed by atoms with Crippen LogP contribution in [0.5, 0.6) is 5.75 Å². The molecule has 0 saturated heterocycles. The first-order chi connectivity index (χ1) is 6.83. The summed E-state index contributed by atoms with van der Waals surface area (Å²) in [7, 11) is 0. The third-order valence-corrected chi connectivity index (χ3v) is 2.51. The fourth-order valence-corrected chi connectivity index (χ4v) is 1.12. The molecule has 15 heavy (non-hydrogen) atoms. The number of benzene rings is 1. The van der Waals surface area contributed by atoms with Crippen LogP contribution in [0.15, 0.2) is 22.7 Å². The summed E-state index contributed by atoms with van der Waals surface area (Å²) in [5.74, 6) is -2.51. The predicted molar refractivity (Wildman–Crippen MR) is 52.1 cm³/mol. The van der Waals surface area contributed by atoms with Crippen molar-refractivity contribution < 1.29 is 23.4 Å². The highest BCUT2D eigenvalue weighted by Crippen LogP contribution is 2.26. The molecule has 0 saturated carbocycles. The molecule has 0 amide bonds. The minimum Gasteiger partial charge on any atom is -0.474 e. The summed E-state index contributed by atoms with van der Waals surface area (Å²) >= 11 is 3.18. The average molecular weight is 281 g/mol. The minimum absolute atomic E-state index is 0.192. The highest BCUT2D eigenvalue weighted by molar-refractivity contribution is 9.10. The number of carboxylic acid groups (broad SMARTS) is 1. The molecule has 0 unspecified atom stereocenters. The van der Waals surface area contributed by atoms with Crippen molar-refractivity contribution >= 4 is 21.9 Å². The molecule has 0 aromatic heterocycles. The van der Waals surface area contributed by atoms with Crippen LogP contribution in [0.2, 0.25) is 0 Å². The number of alkyl halides is 2. The van der Waals surface area contributed by atoms with Gasteiger partial charge in [-0.05, 0) is 30.7 Å². The van der Waals surface area contributed by atoms with E-state index in [1.807, 2.05) is 0 Å². The van der Waals surface area contributed by atoms with Gasteiger partial charge in [0.2, 0.25) is 0 Å². The van der Waals surface area contributed by atoms with Crippen LogP contribution in [0.3, 0.4) is 0 Å². The van der Waals surface area contributed by atoms with E-state index in [0.717, 1.165) is 4.47 Å². The van der Waals surface area contributed by atoms with Crippen LogP contribution in [0.1, 0.15) is 5.56 Å². The van der Waals surface area contributed by atoms with E-state index < -0.39 is 12.1 Å². The Morgan fingerprint density at radius 3 is 2.60 bits per heavy atom. The topological polar surface area (TPSA) is 46.5 Å². The molecule has 1 aromatic rings. The van der Waals surface area contributed by atoms with E-state index in [1.54, 1.807) is 6.92 Å². The first kappa shape index (κ1) is 11.9. The van der Waals surface area contributed by atoms with E-state index in [2.05, 4.69) is 20.7 Å². The zero-order valence-electron chi connectivity index (χ0n) is 7.63. The standard InChI is InChI=1S/C9H7BrF2O3/c1-5-4-6(2-3-7(5)10)15-9(11,12)8(13)14/h2-4H,1H3,(H,13,14). The van der Waals surface area contributed by atoms with E-state index in [-0.39, 0.29) is 5.75 Å². The van der Waals surface area contributed by atoms with Crippen LogP contribution in [0.4, 0.5) is 8.78 Å². The second-order valence-electron chi connectivity index (χ2n) is 2.83. The van der Waals surface area contributed by atoms with Gasteiger partial charge in [-0.15, -0.1) is 0 Å². The van der Waals surface area contributed by atoms with Crippen LogP contribution in [0, 0.1) is 6.92 Å². The third-order valence-electron chi connectivity index (χ3n) is 1.62. The lowest BCUT2D eigenvalue weighted by atomic mass is 10.2. The molecule has 3 nitrogen and oxygen atoms in total. The van der Waals surface area contributed by atoms with Crippen molar-refractivity contribution in [3.63, 3.8) is 0 Å². The van der Waals surface area contributed by atoms with Gasteiger partial charge in [-0.25, -0.2) is 4.79 Å². The molecule has 0 aliphatic heterocycles. The molecule has 82 valence electrons. The second kappa shape index (κ2) is 4.14. The Labute approximate surface area is 92.8 Å². The van der Waals surface area contributed by atoms with Gasteiger partial charge in [-0.1, -0.05) is 15.9 Å². The highest BCUT2D eigenvalue weighted by Gasteiger charge is 2.42. The first-order valence-corrected chi connectivity index (χ1v) is 4.68. The number of hydrogen-bond donors (Lipinski definition) is 1. The van der Waals surface area contributed by atoms with Crippen LogP contribution < -0.4 is 4.74 Å². The van der Waals surface area contributed by atoms with Crippen LogP contribution >= 0.6 is 15.9 Å². The van der Waals surface area contributed by atoms with Gasteiger partial charge in [0.1, 0.15) is 5.75 Å². The van der Waals surface area contributed by atoms with Gasteiger partial charge in [-0.2, -0.15) is 8.78 Å². The Hall–Kier alpha value is -1.17. The first-order valence-electron chi connectivity index (χ1n) is 3.89. The van der Waals surface area contributed by atoms with E-state index in [1.165, 1.54) is 18.2 Å². The van der Waals surface area contributed by atoms with Gasteiger partial charge < -0.3 is 9.84 Å². The van der Waals surface area contributed by atoms with Gasteiger partial charge in [0, 0.05) is 4.47 Å². The number of aryl methyl sites for hydroxylation is 1. The predicted octanol–water partition coefficient (Wildman–Crippen LogP) is 2.81. The van der Waals surface area contributed by atoms with Gasteiger partial charge in [0.15, 0.2) is 0 Å². The average Bonchev–Trinajstić information content (AvgIpc) is 2.10. The number of halogens is 3. The van der Waals surface area contributed by atoms with Gasteiger partial charge in [-0.3, -0.25) is 0 Å². The maximum atomic E-state index is 12.6. The van der Waals surface area contributed by atoms with E-state index in [0.29, 0.717) is 5.56 Å². The van der Waals surface area contributed by atoms with Crippen molar-refractivity contribution in [2.24, 2.45) is 0 Å². The van der Waals surface area contributed by atoms with Crippen molar-refractivity contribution in [3.8, 4) is 5.75 Å². The molecule has 1 N–H and O–H groups in total. The molecule has 0 spiro atoms. The lowest BCUT2D eigenvalue weighted by molar-refractivity contribution is -0.210. The molecule has 0 heterocycles.